The zero-order valence-electron chi connectivity index (χ0n) is 12.5. The van der Waals surface area contributed by atoms with Crippen LogP contribution in [-0.2, 0) is 4.74 Å². The fourth-order valence-corrected chi connectivity index (χ4v) is 3.67. The molecule has 1 aliphatic carbocycles. The van der Waals surface area contributed by atoms with E-state index in [-0.39, 0.29) is 11.6 Å². The SMILES string of the molecule is CNC(c1ccc(OC)c(Br)c1OC)C1(OC)CCC1. The minimum Gasteiger partial charge on any atom is -0.495 e. The van der Waals surface area contributed by atoms with Gasteiger partial charge in [0.15, 0.2) is 0 Å². The van der Waals surface area contributed by atoms with Gasteiger partial charge < -0.3 is 19.5 Å². The molecule has 0 amide bonds. The van der Waals surface area contributed by atoms with Gasteiger partial charge in [-0.05, 0) is 54.4 Å². The van der Waals surface area contributed by atoms with E-state index < -0.39 is 0 Å². The Bertz CT molecular complexity index is 469. The van der Waals surface area contributed by atoms with Gasteiger partial charge in [0.1, 0.15) is 16.0 Å². The molecule has 1 fully saturated rings. The Labute approximate surface area is 128 Å². The van der Waals surface area contributed by atoms with Crippen LogP contribution in [0.3, 0.4) is 0 Å². The van der Waals surface area contributed by atoms with Crippen molar-refractivity contribution in [1.82, 2.24) is 5.32 Å². The van der Waals surface area contributed by atoms with Crippen molar-refractivity contribution in [2.45, 2.75) is 30.9 Å². The first kappa shape index (κ1) is 15.6. The minimum atomic E-state index is -0.143. The number of rotatable bonds is 6. The van der Waals surface area contributed by atoms with Gasteiger partial charge >= 0.3 is 0 Å². The van der Waals surface area contributed by atoms with E-state index in [1.807, 2.05) is 19.2 Å². The second kappa shape index (κ2) is 6.33. The molecule has 1 N–H and O–H groups in total. The monoisotopic (exact) mass is 343 g/mol. The number of hydrogen-bond donors (Lipinski definition) is 1. The predicted molar refractivity (Wildman–Crippen MR) is 82.6 cm³/mol. The van der Waals surface area contributed by atoms with Gasteiger partial charge in [-0.15, -0.1) is 0 Å². The Morgan fingerprint density at radius 2 is 1.90 bits per heavy atom. The Morgan fingerprint density at radius 3 is 2.30 bits per heavy atom. The van der Waals surface area contributed by atoms with Gasteiger partial charge in [-0.3, -0.25) is 0 Å². The van der Waals surface area contributed by atoms with E-state index in [2.05, 4.69) is 21.2 Å². The number of methoxy groups -OCH3 is 3. The molecule has 0 aromatic heterocycles. The summed E-state index contributed by atoms with van der Waals surface area (Å²) in [5.74, 6) is 1.56. The Hall–Kier alpha value is -0.780. The van der Waals surface area contributed by atoms with Crippen LogP contribution in [0.5, 0.6) is 11.5 Å². The Kier molecular flexibility index (Phi) is 4.94. The molecule has 4 nitrogen and oxygen atoms in total. The van der Waals surface area contributed by atoms with Crippen LogP contribution in [0.25, 0.3) is 0 Å². The van der Waals surface area contributed by atoms with Crippen LogP contribution in [0.2, 0.25) is 0 Å². The van der Waals surface area contributed by atoms with E-state index in [0.29, 0.717) is 0 Å². The highest BCUT2D eigenvalue weighted by Crippen LogP contribution is 2.49. The third-order valence-electron chi connectivity index (χ3n) is 4.25. The quantitative estimate of drug-likeness (QED) is 0.860. The van der Waals surface area contributed by atoms with Crippen molar-refractivity contribution in [2.75, 3.05) is 28.4 Å². The van der Waals surface area contributed by atoms with Gasteiger partial charge in [0, 0.05) is 12.7 Å². The molecule has 1 aromatic carbocycles. The standard InChI is InChI=1S/C15H22BrNO3/c1-17-14(15(20-4)8-5-9-15)10-6-7-11(18-2)12(16)13(10)19-3/h6-7,14,17H,5,8-9H2,1-4H3. The highest BCUT2D eigenvalue weighted by molar-refractivity contribution is 9.10. The molecule has 5 heteroatoms. The molecule has 1 unspecified atom stereocenters. The lowest BCUT2D eigenvalue weighted by molar-refractivity contribution is -0.0986. The van der Waals surface area contributed by atoms with Crippen LogP contribution in [0.1, 0.15) is 30.9 Å². The lowest BCUT2D eigenvalue weighted by Gasteiger charge is -2.46. The third kappa shape index (κ3) is 2.43. The molecule has 1 aromatic rings. The van der Waals surface area contributed by atoms with Crippen LogP contribution >= 0.6 is 15.9 Å². The Morgan fingerprint density at radius 1 is 1.20 bits per heavy atom. The first-order chi connectivity index (χ1) is 9.63. The number of hydrogen-bond acceptors (Lipinski definition) is 4. The normalized spacial score (nSPS) is 18.2. The molecule has 2 rings (SSSR count). The van der Waals surface area contributed by atoms with Crippen molar-refractivity contribution in [3.63, 3.8) is 0 Å². The van der Waals surface area contributed by atoms with Gasteiger partial charge in [-0.25, -0.2) is 0 Å². The number of ether oxygens (including phenoxy) is 3. The molecule has 0 aliphatic heterocycles. The molecule has 0 spiro atoms. The van der Waals surface area contributed by atoms with Gasteiger partial charge in [-0.1, -0.05) is 0 Å². The maximum atomic E-state index is 5.81. The van der Waals surface area contributed by atoms with Crippen LogP contribution in [0.4, 0.5) is 0 Å². The fraction of sp³-hybridized carbons (Fsp3) is 0.600. The number of halogens is 1. The highest BCUT2D eigenvalue weighted by atomic mass is 79.9. The van der Waals surface area contributed by atoms with Crippen LogP contribution in [0, 0.1) is 0 Å². The van der Waals surface area contributed by atoms with E-state index in [0.717, 1.165) is 34.4 Å². The molecule has 112 valence electrons. The van der Waals surface area contributed by atoms with Crippen molar-refractivity contribution in [3.05, 3.63) is 22.2 Å². The summed E-state index contributed by atoms with van der Waals surface area (Å²) in [4.78, 5) is 0. The summed E-state index contributed by atoms with van der Waals surface area (Å²) < 4.78 is 17.6. The summed E-state index contributed by atoms with van der Waals surface area (Å²) in [7, 11) is 7.07. The van der Waals surface area contributed by atoms with Crippen molar-refractivity contribution in [2.24, 2.45) is 0 Å². The fourth-order valence-electron chi connectivity index (χ4n) is 2.98. The maximum absolute atomic E-state index is 5.81. The second-order valence-electron chi connectivity index (χ2n) is 5.05. The summed E-state index contributed by atoms with van der Waals surface area (Å²) in [5, 5.41) is 3.38. The van der Waals surface area contributed by atoms with E-state index in [9.17, 15) is 0 Å². The molecular weight excluding hydrogens is 322 g/mol. The summed E-state index contributed by atoms with van der Waals surface area (Å²) >= 11 is 3.56. The molecule has 0 heterocycles. The lowest BCUT2D eigenvalue weighted by atomic mass is 9.72. The van der Waals surface area contributed by atoms with E-state index in [1.165, 1.54) is 6.42 Å². The molecule has 0 radical (unpaired) electrons. The van der Waals surface area contributed by atoms with Gasteiger partial charge in [0.25, 0.3) is 0 Å². The molecule has 1 saturated carbocycles. The summed E-state index contributed by atoms with van der Waals surface area (Å²) in [5.41, 5.74) is 0.944. The predicted octanol–water partition coefficient (Wildman–Crippen LogP) is 3.30. The Balaban J connectivity index is 2.47. The van der Waals surface area contributed by atoms with E-state index in [4.69, 9.17) is 14.2 Å². The first-order valence-corrected chi connectivity index (χ1v) is 7.55. The van der Waals surface area contributed by atoms with Gasteiger partial charge in [-0.2, -0.15) is 0 Å². The zero-order chi connectivity index (χ0) is 14.8. The second-order valence-corrected chi connectivity index (χ2v) is 5.84. The van der Waals surface area contributed by atoms with Gasteiger partial charge in [0.05, 0.1) is 25.9 Å². The lowest BCUT2D eigenvalue weighted by Crippen LogP contribution is -2.49. The van der Waals surface area contributed by atoms with Crippen LogP contribution in [-0.4, -0.2) is 34.0 Å². The molecule has 1 aliphatic rings. The van der Waals surface area contributed by atoms with Crippen LogP contribution in [0.15, 0.2) is 16.6 Å². The number of nitrogens with one attached hydrogen (secondary N) is 1. The van der Waals surface area contributed by atoms with Crippen molar-refractivity contribution >= 4 is 15.9 Å². The molecule has 20 heavy (non-hydrogen) atoms. The molecule has 0 bridgehead atoms. The topological polar surface area (TPSA) is 39.7 Å². The van der Waals surface area contributed by atoms with Crippen molar-refractivity contribution in [1.29, 1.82) is 0 Å². The smallest absolute Gasteiger partial charge is 0.141 e. The van der Waals surface area contributed by atoms with Crippen molar-refractivity contribution < 1.29 is 14.2 Å². The zero-order valence-corrected chi connectivity index (χ0v) is 14.0. The highest BCUT2D eigenvalue weighted by Gasteiger charge is 2.45. The number of benzene rings is 1. The maximum Gasteiger partial charge on any atom is 0.141 e. The average molecular weight is 344 g/mol. The van der Waals surface area contributed by atoms with Crippen LogP contribution < -0.4 is 14.8 Å². The summed E-state index contributed by atoms with van der Waals surface area (Å²) in [6, 6.07) is 4.09. The van der Waals surface area contributed by atoms with E-state index >= 15 is 0 Å². The van der Waals surface area contributed by atoms with Gasteiger partial charge in [0.2, 0.25) is 0 Å². The number of likely N-dealkylation sites (N-methyl/N-ethyl adjacent to an activating group) is 1. The molecule has 1 atom stereocenters. The average Bonchev–Trinajstić information content (AvgIpc) is 2.42. The van der Waals surface area contributed by atoms with Crippen molar-refractivity contribution in [3.8, 4) is 11.5 Å². The summed E-state index contributed by atoms with van der Waals surface area (Å²) in [6.07, 6.45) is 3.31. The first-order valence-electron chi connectivity index (χ1n) is 6.76. The minimum absolute atomic E-state index is 0.0957. The van der Waals surface area contributed by atoms with E-state index in [1.54, 1.807) is 21.3 Å². The molecular formula is C15H22BrNO3. The molecule has 0 saturated heterocycles. The third-order valence-corrected chi connectivity index (χ3v) is 5.00. The largest absolute Gasteiger partial charge is 0.495 e. The summed E-state index contributed by atoms with van der Waals surface area (Å²) in [6.45, 7) is 0.